The van der Waals surface area contributed by atoms with Crippen LogP contribution in [-0.2, 0) is 9.47 Å². The van der Waals surface area contributed by atoms with Crippen molar-refractivity contribution in [3.63, 3.8) is 0 Å². The van der Waals surface area contributed by atoms with Crippen molar-refractivity contribution in [3.8, 4) is 0 Å². The van der Waals surface area contributed by atoms with E-state index in [4.69, 9.17) is 15.0 Å². The average Bonchev–Trinajstić information content (AvgIpc) is 2.95. The molecule has 28 heavy (non-hydrogen) atoms. The zero-order valence-electron chi connectivity index (χ0n) is 15.3. The first-order chi connectivity index (χ1) is 13.4. The van der Waals surface area contributed by atoms with Gasteiger partial charge in [0.15, 0.2) is 18.1 Å². The van der Waals surface area contributed by atoms with Crippen molar-refractivity contribution in [2.75, 3.05) is 0 Å². The lowest BCUT2D eigenvalue weighted by molar-refractivity contribution is -0.0947. The molecular weight excluding hydrogens is 366 g/mol. The van der Waals surface area contributed by atoms with Crippen LogP contribution in [0.1, 0.15) is 36.9 Å². The Bertz CT molecular complexity index is 1030. The minimum Gasteiger partial charge on any atom is -0.454 e. The van der Waals surface area contributed by atoms with E-state index in [9.17, 15) is 14.4 Å². The number of hydrogen-bond acceptors (Lipinski definition) is 6. The van der Waals surface area contributed by atoms with Crippen LogP contribution >= 0.6 is 0 Å². The molecule has 1 aliphatic heterocycles. The Balaban J connectivity index is 2.03. The third kappa shape index (κ3) is 3.42. The van der Waals surface area contributed by atoms with Gasteiger partial charge in [0.2, 0.25) is 0 Å². The fraction of sp³-hybridized carbons (Fsp3) is 0.389. The first-order valence-corrected chi connectivity index (χ1v) is 8.73. The number of ether oxygens (including phenoxy) is 2. The second-order valence-electron chi connectivity index (χ2n) is 6.44. The predicted octanol–water partition coefficient (Wildman–Crippen LogP) is 2.34. The Hall–Kier alpha value is -3.36. The fourth-order valence-corrected chi connectivity index (χ4v) is 3.32. The molecular formula is C18H19N5O5. The Morgan fingerprint density at radius 2 is 2.07 bits per heavy atom. The molecule has 0 spiro atoms. The van der Waals surface area contributed by atoms with Crippen molar-refractivity contribution in [1.29, 1.82) is 0 Å². The largest absolute Gasteiger partial charge is 0.454 e. The highest BCUT2D eigenvalue weighted by molar-refractivity contribution is 5.89. The summed E-state index contributed by atoms with van der Waals surface area (Å²) in [6.45, 7) is 3.48. The van der Waals surface area contributed by atoms with E-state index in [0.29, 0.717) is 12.0 Å². The van der Waals surface area contributed by atoms with Crippen molar-refractivity contribution < 1.29 is 14.3 Å². The van der Waals surface area contributed by atoms with Gasteiger partial charge < -0.3 is 9.47 Å². The topological polar surface area (TPSA) is 139 Å². The lowest BCUT2D eigenvalue weighted by Gasteiger charge is -2.26. The van der Waals surface area contributed by atoms with Gasteiger partial charge in [0.1, 0.15) is 0 Å². The predicted molar refractivity (Wildman–Crippen MR) is 98.4 cm³/mol. The van der Waals surface area contributed by atoms with Crippen LogP contribution in [0, 0.1) is 5.92 Å². The Morgan fingerprint density at radius 1 is 1.36 bits per heavy atom. The van der Waals surface area contributed by atoms with Crippen LogP contribution in [0.15, 0.2) is 57.3 Å². The highest BCUT2D eigenvalue weighted by Gasteiger charge is 2.54. The van der Waals surface area contributed by atoms with Gasteiger partial charge in [0.05, 0.1) is 5.56 Å². The number of benzene rings is 1. The van der Waals surface area contributed by atoms with Gasteiger partial charge in [-0.05, 0) is 24.1 Å². The van der Waals surface area contributed by atoms with E-state index in [2.05, 4.69) is 15.0 Å². The Labute approximate surface area is 159 Å². The van der Waals surface area contributed by atoms with Crippen LogP contribution in [0.4, 0.5) is 0 Å². The van der Waals surface area contributed by atoms with Crippen LogP contribution < -0.4 is 11.2 Å². The molecule has 10 heteroatoms. The summed E-state index contributed by atoms with van der Waals surface area (Å²) in [7, 11) is 0. The van der Waals surface area contributed by atoms with E-state index in [0.717, 1.165) is 10.6 Å². The van der Waals surface area contributed by atoms with Gasteiger partial charge in [-0.2, -0.15) is 0 Å². The standard InChI is InChI=1S/C18H19N5O5/c1-3-18(21-22-19)11(2)14(27-16(25)12-7-5-4-6-8-12)15(28-18)23-10-9-13(24)20-17(23)26/h4-11,14-15H,3H2,1-2H3,(H,20,24,26)/t11-,14+,15?,18+/m0/s1. The number of rotatable bonds is 5. The summed E-state index contributed by atoms with van der Waals surface area (Å²) in [4.78, 5) is 41.3. The third-order valence-electron chi connectivity index (χ3n) is 4.91. The van der Waals surface area contributed by atoms with Gasteiger partial charge in [-0.1, -0.05) is 37.2 Å². The normalized spacial score (nSPS) is 26.4. The van der Waals surface area contributed by atoms with Gasteiger partial charge >= 0.3 is 11.7 Å². The molecule has 1 aromatic heterocycles. The summed E-state index contributed by atoms with van der Waals surface area (Å²) in [6.07, 6.45) is -0.449. The summed E-state index contributed by atoms with van der Waals surface area (Å²) >= 11 is 0. The van der Waals surface area contributed by atoms with Gasteiger partial charge in [-0.15, -0.1) is 0 Å². The summed E-state index contributed by atoms with van der Waals surface area (Å²) in [5.41, 5.74) is 6.72. The summed E-state index contributed by atoms with van der Waals surface area (Å²) in [6, 6.07) is 9.53. The van der Waals surface area contributed by atoms with Crippen LogP contribution in [0.25, 0.3) is 10.4 Å². The zero-order chi connectivity index (χ0) is 20.3. The monoisotopic (exact) mass is 385 g/mol. The molecule has 1 fully saturated rings. The average molecular weight is 385 g/mol. The number of carbonyl (C=O) groups is 1. The van der Waals surface area contributed by atoms with Gasteiger partial charge in [-0.3, -0.25) is 14.3 Å². The van der Waals surface area contributed by atoms with E-state index in [1.54, 1.807) is 44.2 Å². The second-order valence-corrected chi connectivity index (χ2v) is 6.44. The maximum absolute atomic E-state index is 12.6. The Morgan fingerprint density at radius 3 is 2.68 bits per heavy atom. The zero-order valence-corrected chi connectivity index (χ0v) is 15.3. The lowest BCUT2D eigenvalue weighted by atomic mass is 9.92. The third-order valence-corrected chi connectivity index (χ3v) is 4.91. The molecule has 0 amide bonds. The van der Waals surface area contributed by atoms with Crippen molar-refractivity contribution in [2.45, 2.75) is 38.3 Å². The number of carbonyl (C=O) groups excluding carboxylic acids is 1. The minimum atomic E-state index is -1.31. The molecule has 146 valence electrons. The number of hydrogen-bond donors (Lipinski definition) is 1. The van der Waals surface area contributed by atoms with Gasteiger partial charge in [-0.25, -0.2) is 9.59 Å². The lowest BCUT2D eigenvalue weighted by Crippen LogP contribution is -2.38. The molecule has 2 heterocycles. The minimum absolute atomic E-state index is 0.298. The molecule has 1 aromatic carbocycles. The molecule has 4 atom stereocenters. The van der Waals surface area contributed by atoms with Crippen LogP contribution in [0.2, 0.25) is 0 Å². The molecule has 1 aliphatic rings. The molecule has 10 nitrogen and oxygen atoms in total. The molecule has 3 rings (SSSR count). The van der Waals surface area contributed by atoms with E-state index in [-0.39, 0.29) is 0 Å². The maximum Gasteiger partial charge on any atom is 0.338 e. The smallest absolute Gasteiger partial charge is 0.338 e. The van der Waals surface area contributed by atoms with Crippen molar-refractivity contribution in [2.24, 2.45) is 11.0 Å². The molecule has 0 aliphatic carbocycles. The highest BCUT2D eigenvalue weighted by Crippen LogP contribution is 2.45. The van der Waals surface area contributed by atoms with E-state index < -0.39 is 41.2 Å². The SMILES string of the molecule is CC[C@@]1(N=[N+]=[N-])OC(n2ccc(=O)[nH]c2=O)[C@H](OC(=O)c2ccccc2)[C@@H]1C. The van der Waals surface area contributed by atoms with Crippen LogP contribution in [0.3, 0.4) is 0 Å². The van der Waals surface area contributed by atoms with E-state index >= 15 is 0 Å². The van der Waals surface area contributed by atoms with E-state index in [1.807, 2.05) is 0 Å². The molecule has 0 radical (unpaired) electrons. The fourth-order valence-electron chi connectivity index (χ4n) is 3.32. The maximum atomic E-state index is 12.6. The van der Waals surface area contributed by atoms with Crippen molar-refractivity contribution in [3.05, 3.63) is 79.4 Å². The number of aromatic amines is 1. The number of azide groups is 1. The second kappa shape index (κ2) is 7.71. The van der Waals surface area contributed by atoms with Crippen LogP contribution in [0.5, 0.6) is 0 Å². The first kappa shape index (κ1) is 19.4. The number of H-pyrrole nitrogens is 1. The number of aromatic nitrogens is 2. The molecule has 2 aromatic rings. The van der Waals surface area contributed by atoms with Crippen LogP contribution in [-0.4, -0.2) is 27.3 Å². The van der Waals surface area contributed by atoms with Gasteiger partial charge in [0.25, 0.3) is 5.56 Å². The number of nitrogens with zero attached hydrogens (tertiary/aromatic N) is 4. The molecule has 1 N–H and O–H groups in total. The molecule has 0 saturated carbocycles. The molecule has 1 unspecified atom stereocenters. The quantitative estimate of drug-likeness (QED) is 0.364. The van der Waals surface area contributed by atoms with Crippen molar-refractivity contribution in [1.82, 2.24) is 9.55 Å². The summed E-state index contributed by atoms with van der Waals surface area (Å²) < 4.78 is 12.7. The number of nitrogens with one attached hydrogen (secondary N) is 1. The summed E-state index contributed by atoms with van der Waals surface area (Å²) in [5.74, 6) is -1.15. The molecule has 1 saturated heterocycles. The summed E-state index contributed by atoms with van der Waals surface area (Å²) in [5, 5.41) is 3.79. The Kier molecular flexibility index (Phi) is 5.34. The van der Waals surface area contributed by atoms with E-state index in [1.165, 1.54) is 6.20 Å². The van der Waals surface area contributed by atoms with Crippen molar-refractivity contribution >= 4 is 5.97 Å². The highest BCUT2D eigenvalue weighted by atomic mass is 16.6. The molecule has 0 bridgehead atoms. The first-order valence-electron chi connectivity index (χ1n) is 8.73. The van der Waals surface area contributed by atoms with Gasteiger partial charge in [0, 0.05) is 23.1 Å². The number of esters is 1.